The highest BCUT2D eigenvalue weighted by Gasteiger charge is 2.19. The fourth-order valence-electron chi connectivity index (χ4n) is 1.59. The number of aryl methyl sites for hydroxylation is 1. The first-order valence-electron chi connectivity index (χ1n) is 5.69. The largest absolute Gasteiger partial charge is 0.481 e. The van der Waals surface area contributed by atoms with E-state index in [0.717, 1.165) is 0 Å². The van der Waals surface area contributed by atoms with Gasteiger partial charge >= 0.3 is 0 Å². The molecule has 0 aliphatic carbocycles. The molecule has 9 heteroatoms. The lowest BCUT2D eigenvalue weighted by atomic mass is 10.2. The second kappa shape index (κ2) is 6.05. The molecule has 0 aliphatic heterocycles. The predicted molar refractivity (Wildman–Crippen MR) is 80.6 cm³/mol. The first-order valence-corrected chi connectivity index (χ1v) is 7.93. The number of rotatable bonds is 4. The van der Waals surface area contributed by atoms with Crippen molar-refractivity contribution in [3.05, 3.63) is 40.0 Å². The standard InChI is InChI=1S/C12H11Cl2N3O3S/c1-7-3-4-8(13)5-9(7)21(18,19)17-12-15-10(14)6-11(16-12)20-2/h3-6H,1-2H3,(H,15,16,17). The van der Waals surface area contributed by atoms with Crippen LogP contribution in [0.2, 0.25) is 10.2 Å². The summed E-state index contributed by atoms with van der Waals surface area (Å²) in [7, 11) is -2.49. The van der Waals surface area contributed by atoms with Crippen molar-refractivity contribution in [2.24, 2.45) is 0 Å². The van der Waals surface area contributed by atoms with Crippen molar-refractivity contribution in [2.45, 2.75) is 11.8 Å². The molecule has 1 aromatic heterocycles. The van der Waals surface area contributed by atoms with Gasteiger partial charge in [0.1, 0.15) is 5.15 Å². The lowest BCUT2D eigenvalue weighted by Crippen LogP contribution is -2.16. The highest BCUT2D eigenvalue weighted by atomic mass is 35.5. The molecule has 0 bridgehead atoms. The van der Waals surface area contributed by atoms with Gasteiger partial charge in [-0.25, -0.2) is 18.1 Å². The van der Waals surface area contributed by atoms with Gasteiger partial charge in [-0.15, -0.1) is 0 Å². The van der Waals surface area contributed by atoms with Crippen molar-refractivity contribution in [1.29, 1.82) is 0 Å². The Balaban J connectivity index is 2.42. The van der Waals surface area contributed by atoms with Crippen molar-refractivity contribution in [2.75, 3.05) is 11.8 Å². The van der Waals surface area contributed by atoms with E-state index in [4.69, 9.17) is 27.9 Å². The number of nitrogens with zero attached hydrogens (tertiary/aromatic N) is 2. The second-order valence-corrected chi connectivity index (χ2v) is 6.55. The normalized spacial score (nSPS) is 11.2. The molecule has 0 saturated heterocycles. The van der Waals surface area contributed by atoms with Gasteiger partial charge in [0.15, 0.2) is 0 Å². The molecule has 0 unspecified atom stereocenters. The third kappa shape index (κ3) is 3.75. The number of halogens is 2. The number of anilines is 1. The summed E-state index contributed by atoms with van der Waals surface area (Å²) in [5.41, 5.74) is 0.542. The summed E-state index contributed by atoms with van der Waals surface area (Å²) >= 11 is 11.6. The number of nitrogens with one attached hydrogen (secondary N) is 1. The quantitative estimate of drug-likeness (QED) is 0.860. The van der Waals surface area contributed by atoms with Gasteiger partial charge in [-0.2, -0.15) is 4.98 Å². The topological polar surface area (TPSA) is 81.2 Å². The Bertz CT molecular complexity index is 781. The summed E-state index contributed by atoms with van der Waals surface area (Å²) in [6.07, 6.45) is 0. The van der Waals surface area contributed by atoms with Crippen LogP contribution >= 0.6 is 23.2 Å². The number of methoxy groups -OCH3 is 1. The minimum absolute atomic E-state index is 0.0394. The molecule has 21 heavy (non-hydrogen) atoms. The van der Waals surface area contributed by atoms with Gasteiger partial charge in [-0.3, -0.25) is 0 Å². The molecule has 0 amide bonds. The summed E-state index contributed by atoms with van der Waals surface area (Å²) in [6, 6.07) is 5.93. The van der Waals surface area contributed by atoms with E-state index < -0.39 is 10.0 Å². The van der Waals surface area contributed by atoms with Gasteiger partial charge in [0.2, 0.25) is 11.8 Å². The molecule has 2 aromatic rings. The number of hydrogen-bond donors (Lipinski definition) is 1. The summed E-state index contributed by atoms with van der Waals surface area (Å²) in [5, 5.41) is 0.368. The number of aromatic nitrogens is 2. The van der Waals surface area contributed by atoms with Crippen molar-refractivity contribution < 1.29 is 13.2 Å². The van der Waals surface area contributed by atoms with Crippen LogP contribution in [0.25, 0.3) is 0 Å². The Morgan fingerprint density at radius 1 is 1.19 bits per heavy atom. The molecular formula is C12H11Cl2N3O3S. The van der Waals surface area contributed by atoms with Crippen molar-refractivity contribution >= 4 is 39.2 Å². The summed E-state index contributed by atoms with van der Waals surface area (Å²) < 4.78 is 31.9. The van der Waals surface area contributed by atoms with E-state index in [1.807, 2.05) is 0 Å². The minimum Gasteiger partial charge on any atom is -0.481 e. The van der Waals surface area contributed by atoms with Crippen molar-refractivity contribution in [3.63, 3.8) is 0 Å². The Kier molecular flexibility index (Phi) is 4.55. The van der Waals surface area contributed by atoms with Crippen LogP contribution in [-0.4, -0.2) is 25.5 Å². The second-order valence-electron chi connectivity index (χ2n) is 4.07. The zero-order chi connectivity index (χ0) is 15.6. The van der Waals surface area contributed by atoms with Crippen LogP contribution in [0, 0.1) is 6.92 Å². The van der Waals surface area contributed by atoms with Gasteiger partial charge in [0, 0.05) is 11.1 Å². The molecule has 6 nitrogen and oxygen atoms in total. The Hall–Kier alpha value is -1.57. The fourth-order valence-corrected chi connectivity index (χ4v) is 3.21. The zero-order valence-electron chi connectivity index (χ0n) is 11.1. The molecule has 1 N–H and O–H groups in total. The van der Waals surface area contributed by atoms with Gasteiger partial charge in [0.25, 0.3) is 10.0 Å². The predicted octanol–water partition coefficient (Wildman–Crippen LogP) is 2.90. The molecule has 2 rings (SSSR count). The van der Waals surface area contributed by atoms with Crippen LogP contribution in [0.15, 0.2) is 29.2 Å². The maximum absolute atomic E-state index is 12.4. The lowest BCUT2D eigenvalue weighted by molar-refractivity contribution is 0.397. The van der Waals surface area contributed by atoms with Crippen LogP contribution in [0.5, 0.6) is 5.88 Å². The molecule has 0 saturated carbocycles. The molecule has 0 spiro atoms. The van der Waals surface area contributed by atoms with Crippen LogP contribution < -0.4 is 9.46 Å². The summed E-state index contributed by atoms with van der Waals surface area (Å²) in [5.74, 6) is -0.0331. The van der Waals surface area contributed by atoms with Crippen LogP contribution in [0.1, 0.15) is 5.56 Å². The first-order chi connectivity index (χ1) is 9.81. The van der Waals surface area contributed by atoms with Gasteiger partial charge in [-0.1, -0.05) is 29.3 Å². The summed E-state index contributed by atoms with van der Waals surface area (Å²) in [6.45, 7) is 1.66. The lowest BCUT2D eigenvalue weighted by Gasteiger charge is -2.10. The number of ether oxygens (including phenoxy) is 1. The Morgan fingerprint density at radius 2 is 1.90 bits per heavy atom. The number of hydrogen-bond acceptors (Lipinski definition) is 5. The van der Waals surface area contributed by atoms with Crippen LogP contribution in [0.3, 0.4) is 0 Å². The SMILES string of the molecule is COc1cc(Cl)nc(NS(=O)(=O)c2cc(Cl)ccc2C)n1. The first kappa shape index (κ1) is 15.8. The van der Waals surface area contributed by atoms with E-state index >= 15 is 0 Å². The van der Waals surface area contributed by atoms with Gasteiger partial charge in [-0.05, 0) is 24.6 Å². The van der Waals surface area contributed by atoms with E-state index in [1.165, 1.54) is 19.2 Å². The molecule has 0 atom stereocenters. The van der Waals surface area contributed by atoms with E-state index in [0.29, 0.717) is 10.6 Å². The van der Waals surface area contributed by atoms with Crippen molar-refractivity contribution in [1.82, 2.24) is 9.97 Å². The molecule has 1 heterocycles. The molecule has 0 fully saturated rings. The maximum atomic E-state index is 12.4. The maximum Gasteiger partial charge on any atom is 0.264 e. The smallest absolute Gasteiger partial charge is 0.264 e. The Morgan fingerprint density at radius 3 is 2.57 bits per heavy atom. The molecule has 0 radical (unpaired) electrons. The average Bonchev–Trinajstić information content (AvgIpc) is 2.40. The van der Waals surface area contributed by atoms with E-state index in [9.17, 15) is 8.42 Å². The molecule has 0 aliphatic rings. The highest BCUT2D eigenvalue weighted by molar-refractivity contribution is 7.92. The minimum atomic E-state index is -3.88. The molecule has 1 aromatic carbocycles. The molecular weight excluding hydrogens is 337 g/mol. The molecule has 112 valence electrons. The fraction of sp³-hybridized carbons (Fsp3) is 0.167. The van der Waals surface area contributed by atoms with Gasteiger partial charge in [0.05, 0.1) is 12.0 Å². The third-order valence-corrected chi connectivity index (χ3v) is 4.44. The average molecular weight is 348 g/mol. The number of sulfonamides is 1. The highest BCUT2D eigenvalue weighted by Crippen LogP contribution is 2.23. The van der Waals surface area contributed by atoms with E-state index in [-0.39, 0.29) is 21.9 Å². The summed E-state index contributed by atoms with van der Waals surface area (Å²) in [4.78, 5) is 7.71. The van der Waals surface area contributed by atoms with E-state index in [1.54, 1.807) is 19.1 Å². The van der Waals surface area contributed by atoms with E-state index in [2.05, 4.69) is 14.7 Å². The zero-order valence-corrected chi connectivity index (χ0v) is 13.4. The monoisotopic (exact) mass is 347 g/mol. The van der Waals surface area contributed by atoms with Crippen LogP contribution in [-0.2, 0) is 10.0 Å². The third-order valence-electron chi connectivity index (χ3n) is 2.55. The van der Waals surface area contributed by atoms with Gasteiger partial charge < -0.3 is 4.74 Å². The van der Waals surface area contributed by atoms with Crippen molar-refractivity contribution in [3.8, 4) is 5.88 Å². The van der Waals surface area contributed by atoms with Crippen LogP contribution in [0.4, 0.5) is 5.95 Å². The number of benzene rings is 1. The Labute approximate surface area is 132 Å².